The molecule has 0 aromatic heterocycles. The zero-order valence-electron chi connectivity index (χ0n) is 10.7. The van der Waals surface area contributed by atoms with E-state index in [1.54, 1.807) is 6.07 Å². The van der Waals surface area contributed by atoms with E-state index in [0.29, 0.717) is 0 Å². The molecular weight excluding hydrogens is 306 g/mol. The van der Waals surface area contributed by atoms with Gasteiger partial charge >= 0.3 is 5.97 Å². The number of aliphatic carboxylic acids is 1. The molecule has 0 amide bonds. The highest BCUT2D eigenvalue weighted by atomic mass is 32.2. The van der Waals surface area contributed by atoms with E-state index >= 15 is 0 Å². The lowest BCUT2D eigenvalue weighted by Gasteiger charge is -2.14. The van der Waals surface area contributed by atoms with Crippen molar-refractivity contribution in [1.82, 2.24) is 4.72 Å². The predicted octanol–water partition coefficient (Wildman–Crippen LogP) is -0.147. The Morgan fingerprint density at radius 1 is 1.20 bits per heavy atom. The van der Waals surface area contributed by atoms with Gasteiger partial charge in [-0.2, -0.15) is 4.72 Å². The Balaban J connectivity index is 2.88. The summed E-state index contributed by atoms with van der Waals surface area (Å²) in [5, 5.41) is 8.96. The minimum atomic E-state index is -4.00. The smallest absolute Gasteiger partial charge is 0.321 e. The van der Waals surface area contributed by atoms with Crippen molar-refractivity contribution in [2.24, 2.45) is 0 Å². The van der Waals surface area contributed by atoms with Gasteiger partial charge in [-0.25, -0.2) is 16.8 Å². The minimum Gasteiger partial charge on any atom is -0.480 e. The van der Waals surface area contributed by atoms with Gasteiger partial charge in [-0.15, -0.1) is 0 Å². The van der Waals surface area contributed by atoms with Crippen LogP contribution in [0.2, 0.25) is 0 Å². The number of benzene rings is 1. The Kier molecular flexibility index (Phi) is 5.26. The van der Waals surface area contributed by atoms with E-state index in [1.807, 2.05) is 4.72 Å². The number of nitrogens with one attached hydrogen (secondary N) is 1. The number of carbonyl (C=O) groups is 1. The summed E-state index contributed by atoms with van der Waals surface area (Å²) in [7, 11) is -7.37. The molecule has 1 rings (SSSR count). The average molecular weight is 321 g/mol. The molecule has 0 radical (unpaired) electrons. The van der Waals surface area contributed by atoms with Crippen LogP contribution in [0.3, 0.4) is 0 Å². The minimum absolute atomic E-state index is 0.0781. The normalized spacial score (nSPS) is 13.8. The van der Waals surface area contributed by atoms with Gasteiger partial charge in [0.1, 0.15) is 15.9 Å². The Bertz CT molecular complexity index is 666. The molecule has 2 N–H and O–H groups in total. The van der Waals surface area contributed by atoms with Gasteiger partial charge in [0.2, 0.25) is 10.0 Å². The first-order valence-corrected chi connectivity index (χ1v) is 9.14. The number of carboxylic acid groups (broad SMARTS) is 1. The summed E-state index contributed by atoms with van der Waals surface area (Å²) in [6, 6.07) is 5.77. The first kappa shape index (κ1) is 16.6. The van der Waals surface area contributed by atoms with Crippen LogP contribution in [-0.4, -0.2) is 46.0 Å². The van der Waals surface area contributed by atoms with Gasteiger partial charge in [0.25, 0.3) is 0 Å². The fourth-order valence-corrected chi connectivity index (χ4v) is 3.33. The van der Waals surface area contributed by atoms with Gasteiger partial charge < -0.3 is 5.11 Å². The average Bonchev–Trinajstić information content (AvgIpc) is 2.34. The van der Waals surface area contributed by atoms with E-state index in [0.717, 1.165) is 6.26 Å². The van der Waals surface area contributed by atoms with Crippen molar-refractivity contribution in [1.29, 1.82) is 0 Å². The molecular formula is C11H15NO6S2. The summed E-state index contributed by atoms with van der Waals surface area (Å²) in [5.74, 6) is -1.84. The van der Waals surface area contributed by atoms with Gasteiger partial charge in [0, 0.05) is 6.26 Å². The number of hydrogen-bond acceptors (Lipinski definition) is 5. The van der Waals surface area contributed by atoms with Crippen molar-refractivity contribution >= 4 is 25.8 Å². The molecule has 0 fully saturated rings. The van der Waals surface area contributed by atoms with Crippen LogP contribution in [0, 0.1) is 0 Å². The summed E-state index contributed by atoms with van der Waals surface area (Å²) in [6.45, 7) is 0. The molecule has 20 heavy (non-hydrogen) atoms. The maximum absolute atomic E-state index is 11.9. The van der Waals surface area contributed by atoms with Gasteiger partial charge in [0.15, 0.2) is 0 Å². The van der Waals surface area contributed by atoms with Crippen molar-refractivity contribution in [3.05, 3.63) is 30.3 Å². The fourth-order valence-electron chi connectivity index (χ4n) is 1.42. The lowest BCUT2D eigenvalue weighted by atomic mass is 10.2. The second kappa shape index (κ2) is 6.33. The first-order chi connectivity index (χ1) is 9.12. The molecule has 0 aliphatic carbocycles. The molecule has 0 aliphatic heterocycles. The van der Waals surface area contributed by atoms with E-state index in [-0.39, 0.29) is 11.3 Å². The molecule has 0 saturated heterocycles. The topological polar surface area (TPSA) is 118 Å². The number of sulfone groups is 1. The molecule has 7 nitrogen and oxygen atoms in total. The van der Waals surface area contributed by atoms with E-state index in [1.165, 1.54) is 24.3 Å². The predicted molar refractivity (Wildman–Crippen MR) is 72.5 cm³/mol. The third-order valence-electron chi connectivity index (χ3n) is 2.43. The van der Waals surface area contributed by atoms with Crippen molar-refractivity contribution in [3.8, 4) is 0 Å². The molecule has 0 saturated carbocycles. The number of sulfonamides is 1. The highest BCUT2D eigenvalue weighted by Crippen LogP contribution is 2.09. The molecule has 1 atom stereocenters. The SMILES string of the molecule is CS(=O)(=O)CCC(NS(=O)(=O)c1ccccc1)C(=O)O. The molecule has 0 spiro atoms. The summed E-state index contributed by atoms with van der Waals surface area (Å²) in [4.78, 5) is 10.9. The van der Waals surface area contributed by atoms with E-state index in [9.17, 15) is 21.6 Å². The monoisotopic (exact) mass is 321 g/mol. The van der Waals surface area contributed by atoms with Crippen molar-refractivity contribution in [2.75, 3.05) is 12.0 Å². The maximum atomic E-state index is 11.9. The fraction of sp³-hybridized carbons (Fsp3) is 0.364. The van der Waals surface area contributed by atoms with Gasteiger partial charge in [0.05, 0.1) is 10.6 Å². The van der Waals surface area contributed by atoms with Crippen LogP contribution in [0.15, 0.2) is 35.2 Å². The molecule has 0 aliphatic rings. The summed E-state index contributed by atoms with van der Waals surface area (Å²) in [5.41, 5.74) is 0. The van der Waals surface area contributed by atoms with Crippen LogP contribution >= 0.6 is 0 Å². The second-order valence-electron chi connectivity index (χ2n) is 4.24. The number of hydrogen-bond donors (Lipinski definition) is 2. The molecule has 1 unspecified atom stereocenters. The lowest BCUT2D eigenvalue weighted by Crippen LogP contribution is -2.41. The third-order valence-corrected chi connectivity index (χ3v) is 4.89. The molecule has 0 bridgehead atoms. The summed E-state index contributed by atoms with van der Waals surface area (Å²) >= 11 is 0. The number of carboxylic acids is 1. The zero-order valence-corrected chi connectivity index (χ0v) is 12.3. The van der Waals surface area contributed by atoms with Crippen molar-refractivity contribution in [3.63, 3.8) is 0 Å². The van der Waals surface area contributed by atoms with Crippen molar-refractivity contribution in [2.45, 2.75) is 17.4 Å². The second-order valence-corrected chi connectivity index (χ2v) is 8.22. The standard InChI is InChI=1S/C11H15NO6S2/c1-19(15,16)8-7-10(11(13)14)12-20(17,18)9-5-3-2-4-6-9/h2-6,10,12H,7-8H2,1H3,(H,13,14). The highest BCUT2D eigenvalue weighted by molar-refractivity contribution is 7.90. The molecule has 0 heterocycles. The van der Waals surface area contributed by atoms with Crippen LogP contribution in [0.25, 0.3) is 0 Å². The zero-order chi connectivity index (χ0) is 15.4. The summed E-state index contributed by atoms with van der Waals surface area (Å²) < 4.78 is 47.9. The van der Waals surface area contributed by atoms with Gasteiger partial charge in [-0.3, -0.25) is 4.79 Å². The van der Waals surface area contributed by atoms with Crippen LogP contribution < -0.4 is 4.72 Å². The molecule has 1 aromatic rings. The van der Waals surface area contributed by atoms with Crippen LogP contribution in [0.5, 0.6) is 0 Å². The van der Waals surface area contributed by atoms with Crippen molar-refractivity contribution < 1.29 is 26.7 Å². The first-order valence-electron chi connectivity index (χ1n) is 5.60. The molecule has 112 valence electrons. The summed E-state index contributed by atoms with van der Waals surface area (Å²) in [6.07, 6.45) is 0.623. The van der Waals surface area contributed by atoms with E-state index in [2.05, 4.69) is 0 Å². The van der Waals surface area contributed by atoms with E-state index < -0.39 is 37.6 Å². The van der Waals surface area contributed by atoms with Crippen LogP contribution in [-0.2, 0) is 24.7 Å². The van der Waals surface area contributed by atoms with Crippen LogP contribution in [0.4, 0.5) is 0 Å². The highest BCUT2D eigenvalue weighted by Gasteiger charge is 2.26. The quantitative estimate of drug-likeness (QED) is 0.721. The van der Waals surface area contributed by atoms with Gasteiger partial charge in [-0.1, -0.05) is 18.2 Å². The molecule has 1 aromatic carbocycles. The lowest BCUT2D eigenvalue weighted by molar-refractivity contribution is -0.139. The third kappa shape index (κ3) is 5.27. The largest absolute Gasteiger partial charge is 0.480 e. The molecule has 9 heteroatoms. The Hall–Kier alpha value is -1.45. The Labute approximate surface area is 117 Å². The number of rotatable bonds is 7. The Morgan fingerprint density at radius 3 is 2.20 bits per heavy atom. The van der Waals surface area contributed by atoms with E-state index in [4.69, 9.17) is 5.11 Å². The maximum Gasteiger partial charge on any atom is 0.321 e. The van der Waals surface area contributed by atoms with Crippen LogP contribution in [0.1, 0.15) is 6.42 Å². The Morgan fingerprint density at radius 2 is 1.75 bits per heavy atom. The van der Waals surface area contributed by atoms with Gasteiger partial charge in [-0.05, 0) is 18.6 Å².